The Morgan fingerprint density at radius 3 is 2.80 bits per heavy atom. The van der Waals surface area contributed by atoms with Crippen LogP contribution < -0.4 is 10.9 Å². The third kappa shape index (κ3) is 3.23. The third-order valence-electron chi connectivity index (χ3n) is 6.04. The van der Waals surface area contributed by atoms with E-state index in [9.17, 15) is 9.59 Å². The van der Waals surface area contributed by atoms with E-state index in [-0.39, 0.29) is 29.0 Å². The lowest BCUT2D eigenvalue weighted by molar-refractivity contribution is -0.122. The van der Waals surface area contributed by atoms with E-state index in [2.05, 4.69) is 38.4 Å². The molecule has 1 amide bonds. The second-order valence-corrected chi connectivity index (χ2v) is 8.79. The largest absolute Gasteiger partial charge is 0.448 e. The second-order valence-electron chi connectivity index (χ2n) is 7.87. The fraction of sp³-hybridized carbons (Fsp3) is 0.261. The Balaban J connectivity index is 1.34. The molecule has 152 valence electrons. The fourth-order valence-electron chi connectivity index (χ4n) is 4.20. The number of fused-ring (bicyclic) bond motifs is 3. The number of amides is 1. The van der Waals surface area contributed by atoms with Gasteiger partial charge < -0.3 is 9.73 Å². The second kappa shape index (κ2) is 7.40. The van der Waals surface area contributed by atoms with Crippen LogP contribution in [0.15, 0.2) is 68.5 Å². The Morgan fingerprint density at radius 1 is 1.20 bits per heavy atom. The number of rotatable bonds is 5. The maximum atomic E-state index is 12.8. The molecule has 1 fully saturated rings. The molecule has 2 heterocycles. The zero-order valence-corrected chi connectivity index (χ0v) is 17.8. The fourth-order valence-corrected chi connectivity index (χ4v) is 4.59. The molecule has 5 rings (SSSR count). The minimum Gasteiger partial charge on any atom is -0.448 e. The summed E-state index contributed by atoms with van der Waals surface area (Å²) in [6.45, 7) is 0.463. The van der Waals surface area contributed by atoms with Crippen molar-refractivity contribution in [3.8, 4) is 0 Å². The van der Waals surface area contributed by atoms with Crippen LogP contribution in [0.1, 0.15) is 24.8 Å². The molecular formula is C23H20BrN3O3. The van der Waals surface area contributed by atoms with Crippen LogP contribution in [0.5, 0.6) is 0 Å². The summed E-state index contributed by atoms with van der Waals surface area (Å²) >= 11 is 3.53. The van der Waals surface area contributed by atoms with E-state index in [0.717, 1.165) is 29.1 Å². The topological polar surface area (TPSA) is 77.1 Å². The first-order chi connectivity index (χ1) is 14.6. The van der Waals surface area contributed by atoms with Crippen molar-refractivity contribution in [2.75, 3.05) is 6.54 Å². The summed E-state index contributed by atoms with van der Waals surface area (Å²) in [4.78, 5) is 29.8. The van der Waals surface area contributed by atoms with Gasteiger partial charge in [-0.05, 0) is 42.7 Å². The van der Waals surface area contributed by atoms with Crippen LogP contribution in [0.4, 0.5) is 0 Å². The molecule has 6 nitrogen and oxygen atoms in total. The predicted molar refractivity (Wildman–Crippen MR) is 118 cm³/mol. The highest BCUT2D eigenvalue weighted by Gasteiger charge is 2.38. The van der Waals surface area contributed by atoms with Gasteiger partial charge in [-0.3, -0.25) is 14.2 Å². The van der Waals surface area contributed by atoms with Gasteiger partial charge in [0.15, 0.2) is 0 Å². The first-order valence-electron chi connectivity index (χ1n) is 9.95. The van der Waals surface area contributed by atoms with Crippen molar-refractivity contribution in [1.82, 2.24) is 14.9 Å². The molecule has 0 spiro atoms. The molecule has 1 N–H and O–H groups in total. The van der Waals surface area contributed by atoms with Crippen LogP contribution in [-0.4, -0.2) is 22.0 Å². The van der Waals surface area contributed by atoms with Gasteiger partial charge >= 0.3 is 0 Å². The van der Waals surface area contributed by atoms with Gasteiger partial charge in [0.05, 0.1) is 6.33 Å². The van der Waals surface area contributed by atoms with Gasteiger partial charge in [0.25, 0.3) is 5.56 Å². The molecule has 1 saturated carbocycles. The van der Waals surface area contributed by atoms with Crippen molar-refractivity contribution in [1.29, 1.82) is 0 Å². The number of benzene rings is 2. The summed E-state index contributed by atoms with van der Waals surface area (Å²) in [5.74, 6) is -0.212. The molecule has 4 aromatic rings. The van der Waals surface area contributed by atoms with Gasteiger partial charge in [-0.15, -0.1) is 0 Å². The molecule has 2 aromatic carbocycles. The molecule has 0 bridgehead atoms. The summed E-state index contributed by atoms with van der Waals surface area (Å²) in [5.41, 5.74) is 2.15. The molecule has 30 heavy (non-hydrogen) atoms. The summed E-state index contributed by atoms with van der Waals surface area (Å²) < 4.78 is 8.02. The van der Waals surface area contributed by atoms with Crippen LogP contribution in [-0.2, 0) is 16.8 Å². The average molecular weight is 466 g/mol. The van der Waals surface area contributed by atoms with Crippen molar-refractivity contribution >= 4 is 43.9 Å². The Morgan fingerprint density at radius 2 is 2.03 bits per heavy atom. The lowest BCUT2D eigenvalue weighted by atomic mass is 9.64. The Bertz CT molecular complexity index is 1320. The molecule has 2 aromatic heterocycles. The number of para-hydroxylation sites is 1. The van der Waals surface area contributed by atoms with Crippen LogP contribution in [0, 0.1) is 0 Å². The molecule has 0 aliphatic heterocycles. The summed E-state index contributed by atoms with van der Waals surface area (Å²) in [6, 6.07) is 15.6. The number of aromatic nitrogens is 2. The molecule has 0 atom stereocenters. The number of hydrogen-bond acceptors (Lipinski definition) is 4. The summed E-state index contributed by atoms with van der Waals surface area (Å²) in [6.07, 6.45) is 4.64. The number of halogens is 1. The molecule has 0 radical (unpaired) electrons. The van der Waals surface area contributed by atoms with E-state index in [0.29, 0.717) is 17.6 Å². The van der Waals surface area contributed by atoms with Crippen molar-refractivity contribution in [3.63, 3.8) is 0 Å². The van der Waals surface area contributed by atoms with Crippen LogP contribution >= 0.6 is 15.9 Å². The molecule has 1 aliphatic carbocycles. The lowest BCUT2D eigenvalue weighted by Crippen LogP contribution is -2.46. The maximum absolute atomic E-state index is 12.8. The predicted octanol–water partition coefficient (Wildman–Crippen LogP) is 4.14. The minimum atomic E-state index is -0.350. The normalized spacial score (nSPS) is 15.2. The number of nitrogens with one attached hydrogen (secondary N) is 1. The Labute approximate surface area is 181 Å². The lowest BCUT2D eigenvalue weighted by Gasteiger charge is -2.42. The van der Waals surface area contributed by atoms with Crippen LogP contribution in [0.2, 0.25) is 0 Å². The third-order valence-corrected chi connectivity index (χ3v) is 6.53. The first-order valence-corrected chi connectivity index (χ1v) is 10.7. The van der Waals surface area contributed by atoms with Gasteiger partial charge in [0.1, 0.15) is 17.6 Å². The van der Waals surface area contributed by atoms with Gasteiger partial charge in [-0.1, -0.05) is 46.6 Å². The summed E-state index contributed by atoms with van der Waals surface area (Å²) in [5, 5.41) is 3.82. The van der Waals surface area contributed by atoms with E-state index < -0.39 is 0 Å². The van der Waals surface area contributed by atoms with Crippen molar-refractivity contribution < 1.29 is 9.21 Å². The van der Waals surface area contributed by atoms with Gasteiger partial charge in [-0.2, -0.15) is 0 Å². The van der Waals surface area contributed by atoms with Crippen molar-refractivity contribution in [3.05, 3.63) is 75.2 Å². The molecule has 7 heteroatoms. The number of nitrogens with zero attached hydrogens (tertiary/aromatic N) is 2. The van der Waals surface area contributed by atoms with Gasteiger partial charge in [-0.25, -0.2) is 4.98 Å². The van der Waals surface area contributed by atoms with Crippen LogP contribution in [0.3, 0.4) is 0 Å². The number of carbonyl (C=O) groups is 1. The Kier molecular flexibility index (Phi) is 4.70. The van der Waals surface area contributed by atoms with Gasteiger partial charge in [0.2, 0.25) is 11.5 Å². The highest BCUT2D eigenvalue weighted by atomic mass is 79.9. The van der Waals surface area contributed by atoms with Crippen molar-refractivity contribution in [2.45, 2.75) is 31.2 Å². The van der Waals surface area contributed by atoms with E-state index in [1.54, 1.807) is 6.07 Å². The SMILES string of the molecule is O=C(Cn1cnc2c(oc3ccccc32)c1=O)NCC1(c2cccc(Br)c2)CCC1. The number of carbonyl (C=O) groups excluding carboxylic acids is 1. The molecular weight excluding hydrogens is 446 g/mol. The molecule has 0 unspecified atom stereocenters. The quantitative estimate of drug-likeness (QED) is 0.480. The first kappa shape index (κ1) is 19.1. The molecule has 1 aliphatic rings. The van der Waals surface area contributed by atoms with Gasteiger partial charge in [0, 0.05) is 21.8 Å². The van der Waals surface area contributed by atoms with E-state index in [1.807, 2.05) is 30.3 Å². The zero-order chi connectivity index (χ0) is 20.7. The van der Waals surface area contributed by atoms with E-state index in [1.165, 1.54) is 16.5 Å². The number of furan rings is 1. The Hall–Kier alpha value is -2.93. The zero-order valence-electron chi connectivity index (χ0n) is 16.2. The molecule has 0 saturated heterocycles. The van der Waals surface area contributed by atoms with E-state index >= 15 is 0 Å². The van der Waals surface area contributed by atoms with Crippen molar-refractivity contribution in [2.24, 2.45) is 0 Å². The smallest absolute Gasteiger partial charge is 0.297 e. The summed E-state index contributed by atoms with van der Waals surface area (Å²) in [7, 11) is 0. The van der Waals surface area contributed by atoms with Crippen LogP contribution in [0.25, 0.3) is 22.1 Å². The highest BCUT2D eigenvalue weighted by Crippen LogP contribution is 2.43. The monoisotopic (exact) mass is 465 g/mol. The van der Waals surface area contributed by atoms with E-state index in [4.69, 9.17) is 4.42 Å². The highest BCUT2D eigenvalue weighted by molar-refractivity contribution is 9.10. The minimum absolute atomic E-state index is 0.0364. The standard InChI is InChI=1S/C23H20BrN3O3/c24-16-6-3-5-15(11-16)23(9-4-10-23)13-25-19(28)12-27-14-26-20-17-7-1-2-8-18(17)30-21(20)22(27)29/h1-3,5-8,11,14H,4,9-10,12-13H2,(H,25,28). The maximum Gasteiger partial charge on any atom is 0.297 e. The average Bonchev–Trinajstić information content (AvgIpc) is 3.09. The number of hydrogen-bond donors (Lipinski definition) is 1.